The molecule has 4 aromatic rings. The predicted octanol–water partition coefficient (Wildman–Crippen LogP) is 6.57. The fraction of sp³-hybridized carbons (Fsp3) is 0.121. The van der Waals surface area contributed by atoms with Crippen molar-refractivity contribution in [3.63, 3.8) is 0 Å². The van der Waals surface area contributed by atoms with Crippen molar-refractivity contribution in [2.24, 2.45) is 4.99 Å². The van der Waals surface area contributed by atoms with Crippen LogP contribution in [0.25, 0.3) is 17.2 Å². The molecule has 1 aliphatic heterocycles. The number of rotatable bonds is 8. The monoisotopic (exact) mass is 664 g/mol. The van der Waals surface area contributed by atoms with Gasteiger partial charge < -0.3 is 10.2 Å². The maximum Gasteiger partial charge on any atom is 0.416 e. The van der Waals surface area contributed by atoms with Gasteiger partial charge in [0.1, 0.15) is 0 Å². The molecule has 0 unspecified atom stereocenters. The highest BCUT2D eigenvalue weighted by Gasteiger charge is 2.31. The van der Waals surface area contributed by atoms with E-state index in [2.05, 4.69) is 34.6 Å². The summed E-state index contributed by atoms with van der Waals surface area (Å²) in [7, 11) is -0.377. The number of carbonyl (C=O) groups excluding carboxylic acids is 2. The lowest BCUT2D eigenvalue weighted by Crippen LogP contribution is -2.31. The molecule has 5 rings (SSSR count). The molecule has 0 saturated carbocycles. The van der Waals surface area contributed by atoms with Crippen LogP contribution in [0.5, 0.6) is 0 Å². The molecule has 0 bridgehead atoms. The molecule has 0 fully saturated rings. The van der Waals surface area contributed by atoms with Crippen LogP contribution < -0.4 is 14.9 Å². The largest absolute Gasteiger partial charge is 0.416 e. The Hall–Kier alpha value is -4.88. The van der Waals surface area contributed by atoms with Crippen molar-refractivity contribution in [3.05, 3.63) is 119 Å². The van der Waals surface area contributed by atoms with Gasteiger partial charge in [0.2, 0.25) is 5.91 Å². The zero-order valence-electron chi connectivity index (χ0n) is 24.5. The van der Waals surface area contributed by atoms with E-state index in [1.807, 2.05) is 48.0 Å². The molecular weight excluding hydrogens is 638 g/mol. The first kappa shape index (κ1) is 32.5. The summed E-state index contributed by atoms with van der Waals surface area (Å²) >= 11 is 1.19. The Morgan fingerprint density at radius 1 is 0.870 bits per heavy atom. The highest BCUT2D eigenvalue weighted by molar-refractivity contribution is 8.18. The molecule has 8 nitrogen and oxygen atoms in total. The second kappa shape index (κ2) is 13.2. The number of amidine groups is 1. The number of nitrogens with zero attached hydrogens (tertiary/aromatic N) is 2. The lowest BCUT2D eigenvalue weighted by molar-refractivity contribution is -0.137. The van der Waals surface area contributed by atoms with Gasteiger partial charge in [0.05, 0.1) is 21.8 Å². The third-order valence-corrected chi connectivity index (χ3v) is 9.14. The third kappa shape index (κ3) is 8.03. The van der Waals surface area contributed by atoms with Gasteiger partial charge in [-0.1, -0.05) is 48.5 Å². The van der Waals surface area contributed by atoms with Gasteiger partial charge in [0.25, 0.3) is 15.9 Å². The zero-order chi connectivity index (χ0) is 33.1. The first-order valence-electron chi connectivity index (χ1n) is 13.8. The van der Waals surface area contributed by atoms with E-state index in [1.165, 1.54) is 11.8 Å². The van der Waals surface area contributed by atoms with Crippen LogP contribution in [-0.2, 0) is 32.2 Å². The number of hydrogen-bond donors (Lipinski definition) is 2. The van der Waals surface area contributed by atoms with Crippen LogP contribution in [0.15, 0.2) is 112 Å². The maximum atomic E-state index is 12.8. The van der Waals surface area contributed by atoms with Gasteiger partial charge in [-0.2, -0.15) is 18.2 Å². The van der Waals surface area contributed by atoms with Crippen molar-refractivity contribution in [3.8, 4) is 11.1 Å². The number of carbonyl (C=O) groups is 2. The minimum absolute atomic E-state index is 0.290. The zero-order valence-corrected chi connectivity index (χ0v) is 26.1. The lowest BCUT2D eigenvalue weighted by atomic mass is 10.0. The van der Waals surface area contributed by atoms with Gasteiger partial charge in [-0.05, 0) is 88.6 Å². The fourth-order valence-electron chi connectivity index (χ4n) is 4.42. The number of hydrogen-bond acceptors (Lipinski definition) is 7. The average molecular weight is 665 g/mol. The smallest absolute Gasteiger partial charge is 0.378 e. The number of halogens is 3. The van der Waals surface area contributed by atoms with Crippen LogP contribution in [0, 0.1) is 0 Å². The Morgan fingerprint density at radius 2 is 1.46 bits per heavy atom. The Labute approximate surface area is 268 Å². The molecule has 46 heavy (non-hydrogen) atoms. The number of anilines is 2. The van der Waals surface area contributed by atoms with E-state index in [9.17, 15) is 31.2 Å². The summed E-state index contributed by atoms with van der Waals surface area (Å²) in [6.45, 7) is 0. The summed E-state index contributed by atoms with van der Waals surface area (Å²) in [6, 6.07) is 25.4. The van der Waals surface area contributed by atoms with Crippen LogP contribution in [0.1, 0.15) is 16.7 Å². The third-order valence-electron chi connectivity index (χ3n) is 6.86. The number of alkyl halides is 3. The minimum atomic E-state index is -4.61. The highest BCUT2D eigenvalue weighted by atomic mass is 32.2. The molecular formula is C33H27F3N4O4S2. The number of amides is 2. The molecule has 0 radical (unpaired) electrons. The van der Waals surface area contributed by atoms with Crippen molar-refractivity contribution in [1.82, 2.24) is 4.72 Å². The SMILES string of the molecule is CN(C)c1ccc(-c2ccc(C=C3SC(Nc4ccc(CC(=O)NS(=O)(=O)c5ccc(C(F)(F)F)cc5)cc4)=NC3=O)cc2)cc1. The van der Waals surface area contributed by atoms with E-state index in [-0.39, 0.29) is 12.3 Å². The average Bonchev–Trinajstić information content (AvgIpc) is 3.35. The normalized spacial score (nSPS) is 14.2. The van der Waals surface area contributed by atoms with E-state index < -0.39 is 32.6 Å². The summed E-state index contributed by atoms with van der Waals surface area (Å²) in [5, 5.41) is 3.43. The lowest BCUT2D eigenvalue weighted by Gasteiger charge is -2.12. The summed E-state index contributed by atoms with van der Waals surface area (Å²) in [6.07, 6.45) is -3.14. The second-order valence-electron chi connectivity index (χ2n) is 10.4. The topological polar surface area (TPSA) is 108 Å². The first-order valence-corrected chi connectivity index (χ1v) is 16.1. The van der Waals surface area contributed by atoms with E-state index in [1.54, 1.807) is 30.3 Å². The van der Waals surface area contributed by atoms with Gasteiger partial charge >= 0.3 is 6.18 Å². The summed E-state index contributed by atoms with van der Waals surface area (Å²) in [5.74, 6) is -1.23. The summed E-state index contributed by atoms with van der Waals surface area (Å²) < 4.78 is 65.0. The highest BCUT2D eigenvalue weighted by Crippen LogP contribution is 2.31. The Balaban J connectivity index is 1.15. The van der Waals surface area contributed by atoms with Gasteiger partial charge in [0.15, 0.2) is 5.17 Å². The molecule has 4 aromatic carbocycles. The van der Waals surface area contributed by atoms with Crippen molar-refractivity contribution in [2.75, 3.05) is 24.3 Å². The van der Waals surface area contributed by atoms with E-state index in [0.29, 0.717) is 33.5 Å². The summed E-state index contributed by atoms with van der Waals surface area (Å²) in [5.41, 5.74) is 4.17. The molecule has 0 atom stereocenters. The van der Waals surface area contributed by atoms with Crippen LogP contribution in [0.2, 0.25) is 0 Å². The number of benzene rings is 4. The molecule has 0 spiro atoms. The quantitative estimate of drug-likeness (QED) is 0.205. The van der Waals surface area contributed by atoms with Gasteiger partial charge in [-0.25, -0.2) is 13.1 Å². The van der Waals surface area contributed by atoms with Gasteiger partial charge in [-0.15, -0.1) is 0 Å². The van der Waals surface area contributed by atoms with Crippen LogP contribution >= 0.6 is 11.8 Å². The standard InChI is InChI=1S/C33H27F3N4O4S2/c1-40(2)27-15-9-24(10-16-27)23-7-3-21(4-8-23)19-29-31(42)38-32(45-29)37-26-13-5-22(6-14-26)20-30(41)39-46(43,44)28-17-11-25(12-18-28)33(34,35)36/h3-19H,20H2,1-2H3,(H,39,41)(H,37,38,42). The number of nitrogens with one attached hydrogen (secondary N) is 2. The maximum absolute atomic E-state index is 12.8. The molecule has 13 heteroatoms. The molecule has 236 valence electrons. The van der Waals surface area contributed by atoms with Crippen molar-refractivity contribution in [1.29, 1.82) is 0 Å². The molecule has 1 aliphatic rings. The van der Waals surface area contributed by atoms with Crippen molar-refractivity contribution < 1.29 is 31.2 Å². The molecule has 0 saturated heterocycles. The second-order valence-corrected chi connectivity index (χ2v) is 13.2. The van der Waals surface area contributed by atoms with Crippen LogP contribution in [-0.4, -0.2) is 39.5 Å². The van der Waals surface area contributed by atoms with Crippen molar-refractivity contribution >= 4 is 56.2 Å². The molecule has 2 N–H and O–H groups in total. The summed E-state index contributed by atoms with van der Waals surface area (Å²) in [4.78, 5) is 31.0. The Bertz CT molecular complexity index is 1920. The van der Waals surface area contributed by atoms with Crippen LogP contribution in [0.4, 0.5) is 24.5 Å². The van der Waals surface area contributed by atoms with E-state index in [0.717, 1.165) is 34.5 Å². The Morgan fingerprint density at radius 3 is 2.02 bits per heavy atom. The van der Waals surface area contributed by atoms with Crippen molar-refractivity contribution in [2.45, 2.75) is 17.5 Å². The molecule has 1 heterocycles. The number of thioether (sulfide) groups is 1. The van der Waals surface area contributed by atoms with Crippen LogP contribution in [0.3, 0.4) is 0 Å². The van der Waals surface area contributed by atoms with E-state index in [4.69, 9.17) is 0 Å². The fourth-order valence-corrected chi connectivity index (χ4v) is 6.24. The first-order chi connectivity index (χ1) is 21.8. The van der Waals surface area contributed by atoms with E-state index >= 15 is 0 Å². The predicted molar refractivity (Wildman–Crippen MR) is 175 cm³/mol. The number of sulfonamides is 1. The Kier molecular flexibility index (Phi) is 9.35. The number of aliphatic imine (C=N–C) groups is 1. The molecule has 0 aliphatic carbocycles. The minimum Gasteiger partial charge on any atom is -0.378 e. The van der Waals surface area contributed by atoms with Gasteiger partial charge in [0, 0.05) is 25.5 Å². The molecule has 0 aromatic heterocycles. The van der Waals surface area contributed by atoms with Gasteiger partial charge in [-0.3, -0.25) is 9.59 Å². The molecule has 2 amide bonds.